The van der Waals surface area contributed by atoms with Gasteiger partial charge in [0.05, 0.1) is 17.5 Å². The lowest BCUT2D eigenvalue weighted by atomic mass is 10.1. The zero-order chi connectivity index (χ0) is 21.1. The van der Waals surface area contributed by atoms with Crippen LogP contribution in [-0.4, -0.2) is 23.0 Å². The Bertz CT molecular complexity index is 1270. The second-order valence-corrected chi connectivity index (χ2v) is 8.51. The Hall–Kier alpha value is -3.23. The van der Waals surface area contributed by atoms with Gasteiger partial charge in [0.1, 0.15) is 16.4 Å². The third kappa shape index (κ3) is 4.19. The average molecular weight is 423 g/mol. The number of hydrogen-bond donors (Lipinski definition) is 1. The lowest BCUT2D eigenvalue weighted by Crippen LogP contribution is -2.13. The summed E-state index contributed by atoms with van der Waals surface area (Å²) in [5, 5.41) is 6.04. The van der Waals surface area contributed by atoms with E-state index in [9.17, 15) is 8.42 Å². The van der Waals surface area contributed by atoms with Crippen LogP contribution in [0.5, 0.6) is 11.5 Å². The van der Waals surface area contributed by atoms with Crippen molar-refractivity contribution in [1.29, 1.82) is 0 Å². The quantitative estimate of drug-likeness (QED) is 0.481. The van der Waals surface area contributed by atoms with E-state index in [0.717, 1.165) is 18.5 Å². The van der Waals surface area contributed by atoms with Crippen LogP contribution >= 0.6 is 0 Å². The van der Waals surface area contributed by atoms with Crippen LogP contribution < -0.4 is 9.88 Å². The summed E-state index contributed by atoms with van der Waals surface area (Å²) in [6, 6.07) is 14.4. The van der Waals surface area contributed by atoms with Gasteiger partial charge in [-0.15, -0.1) is 0 Å². The van der Waals surface area contributed by atoms with Gasteiger partial charge in [0.25, 0.3) is 0 Å². The molecule has 2 aromatic carbocycles. The van der Waals surface area contributed by atoms with Crippen molar-refractivity contribution in [3.8, 4) is 17.2 Å². The summed E-state index contributed by atoms with van der Waals surface area (Å²) in [6.07, 6.45) is 7.89. The minimum Gasteiger partial charge on any atom is -0.455 e. The van der Waals surface area contributed by atoms with Crippen molar-refractivity contribution in [3.63, 3.8) is 0 Å². The number of para-hydroxylation sites is 1. The summed E-state index contributed by atoms with van der Waals surface area (Å²) in [5.74, 6) is 1.28. The first-order valence-electron chi connectivity index (χ1n) is 9.67. The number of primary sulfonamides is 1. The van der Waals surface area contributed by atoms with Gasteiger partial charge in [-0.1, -0.05) is 25.5 Å². The Morgan fingerprint density at radius 2 is 1.93 bits per heavy atom. The molecule has 0 saturated heterocycles. The largest absolute Gasteiger partial charge is 0.455 e. The van der Waals surface area contributed by atoms with E-state index in [1.807, 2.05) is 41.1 Å². The molecule has 0 bridgehead atoms. The number of benzene rings is 2. The summed E-state index contributed by atoms with van der Waals surface area (Å²) in [4.78, 5) is 8.71. The van der Waals surface area contributed by atoms with Crippen LogP contribution in [0.4, 0.5) is 0 Å². The molecule has 0 spiro atoms. The van der Waals surface area contributed by atoms with Crippen molar-refractivity contribution in [2.75, 3.05) is 0 Å². The number of fused-ring (bicyclic) bond motifs is 1. The topological polar surface area (TPSA) is 100 Å². The van der Waals surface area contributed by atoms with Crippen molar-refractivity contribution < 1.29 is 13.2 Å². The van der Waals surface area contributed by atoms with E-state index in [4.69, 9.17) is 9.88 Å². The monoisotopic (exact) mass is 422 g/mol. The van der Waals surface area contributed by atoms with E-state index in [1.165, 1.54) is 6.07 Å². The van der Waals surface area contributed by atoms with Gasteiger partial charge in [0.2, 0.25) is 10.0 Å². The minimum absolute atomic E-state index is 0.0222. The number of rotatable bonds is 7. The second kappa shape index (κ2) is 8.25. The molecular weight excluding hydrogens is 400 g/mol. The molecule has 0 amide bonds. The number of nitrogens with two attached hydrogens (primary N) is 1. The minimum atomic E-state index is -3.88. The Kier molecular flexibility index (Phi) is 5.52. The standard InChI is InChI=1S/C22H22N4O3S/c1-2-3-6-19-20(14-16-5-4-7-21(22(16)25-19)30(23,27)28)29-18-10-8-17(9-11-18)26-13-12-24-15-26/h4-5,7-15H,2-3,6H2,1H3,(H2,23,27,28). The number of unbranched alkanes of at least 4 members (excludes halogenated alkanes) is 1. The third-order valence-corrected chi connectivity index (χ3v) is 5.73. The average Bonchev–Trinajstić information content (AvgIpc) is 3.26. The number of pyridine rings is 1. The second-order valence-electron chi connectivity index (χ2n) is 6.98. The smallest absolute Gasteiger partial charge is 0.240 e. The van der Waals surface area contributed by atoms with Gasteiger partial charge in [0.15, 0.2) is 0 Å². The first-order chi connectivity index (χ1) is 14.5. The fourth-order valence-corrected chi connectivity index (χ4v) is 3.96. The molecule has 0 aliphatic heterocycles. The predicted octanol–water partition coefficient (Wildman–Crippen LogP) is 4.20. The van der Waals surface area contributed by atoms with Crippen molar-refractivity contribution in [3.05, 3.63) is 72.9 Å². The van der Waals surface area contributed by atoms with Crippen molar-refractivity contribution >= 4 is 20.9 Å². The van der Waals surface area contributed by atoms with Gasteiger partial charge in [-0.2, -0.15) is 0 Å². The Morgan fingerprint density at radius 3 is 2.60 bits per heavy atom. The van der Waals surface area contributed by atoms with Crippen LogP contribution in [0.25, 0.3) is 16.6 Å². The van der Waals surface area contributed by atoms with E-state index >= 15 is 0 Å². The predicted molar refractivity (Wildman–Crippen MR) is 115 cm³/mol. The normalized spacial score (nSPS) is 11.7. The highest BCUT2D eigenvalue weighted by Crippen LogP contribution is 2.31. The van der Waals surface area contributed by atoms with Crippen LogP contribution in [0.2, 0.25) is 0 Å². The summed E-state index contributed by atoms with van der Waals surface area (Å²) >= 11 is 0. The van der Waals surface area contributed by atoms with E-state index in [0.29, 0.717) is 34.5 Å². The van der Waals surface area contributed by atoms with Crippen LogP contribution in [0.1, 0.15) is 25.5 Å². The molecule has 0 aliphatic rings. The molecule has 0 unspecified atom stereocenters. The Labute approximate surface area is 175 Å². The molecule has 8 heteroatoms. The molecule has 0 fully saturated rings. The van der Waals surface area contributed by atoms with Crippen LogP contribution in [0, 0.1) is 0 Å². The summed E-state index contributed by atoms with van der Waals surface area (Å²) in [6.45, 7) is 2.09. The van der Waals surface area contributed by atoms with Crippen molar-refractivity contribution in [1.82, 2.24) is 14.5 Å². The number of sulfonamides is 1. The van der Waals surface area contributed by atoms with Gasteiger partial charge < -0.3 is 9.30 Å². The van der Waals surface area contributed by atoms with Crippen molar-refractivity contribution in [2.24, 2.45) is 5.14 Å². The molecule has 4 rings (SSSR count). The van der Waals surface area contributed by atoms with Crippen LogP contribution in [0.3, 0.4) is 0 Å². The molecule has 0 aliphatic carbocycles. The zero-order valence-electron chi connectivity index (χ0n) is 16.5. The summed E-state index contributed by atoms with van der Waals surface area (Å²) in [7, 11) is -3.88. The number of ether oxygens (including phenoxy) is 1. The Morgan fingerprint density at radius 1 is 1.13 bits per heavy atom. The van der Waals surface area contributed by atoms with Gasteiger partial charge in [-0.05, 0) is 49.2 Å². The molecule has 0 radical (unpaired) electrons. The first-order valence-corrected chi connectivity index (χ1v) is 11.2. The molecule has 2 N–H and O–H groups in total. The summed E-state index contributed by atoms with van der Waals surface area (Å²) in [5.41, 5.74) is 2.05. The lowest BCUT2D eigenvalue weighted by Gasteiger charge is -2.14. The third-order valence-electron chi connectivity index (χ3n) is 4.79. The first kappa shape index (κ1) is 20.1. The van der Waals surface area contributed by atoms with Gasteiger partial charge >= 0.3 is 0 Å². The number of nitrogens with zero attached hydrogens (tertiary/aromatic N) is 3. The maximum atomic E-state index is 12.0. The van der Waals surface area contributed by atoms with Gasteiger partial charge in [-0.3, -0.25) is 0 Å². The number of aryl methyl sites for hydroxylation is 1. The van der Waals surface area contributed by atoms with E-state index in [-0.39, 0.29) is 4.90 Å². The molecule has 0 saturated carbocycles. The van der Waals surface area contributed by atoms with Crippen LogP contribution in [-0.2, 0) is 16.4 Å². The molecule has 2 heterocycles. The highest BCUT2D eigenvalue weighted by atomic mass is 32.2. The molecule has 154 valence electrons. The van der Waals surface area contributed by atoms with Gasteiger partial charge in [-0.25, -0.2) is 23.5 Å². The highest BCUT2D eigenvalue weighted by molar-refractivity contribution is 7.89. The zero-order valence-corrected chi connectivity index (χ0v) is 17.3. The SMILES string of the molecule is CCCCc1nc2c(S(N)(=O)=O)cccc2cc1Oc1ccc(-n2ccnc2)cc1. The molecule has 4 aromatic rings. The molecular formula is C22H22N4O3S. The fourth-order valence-electron chi connectivity index (χ4n) is 3.26. The highest BCUT2D eigenvalue weighted by Gasteiger charge is 2.17. The molecule has 30 heavy (non-hydrogen) atoms. The Balaban J connectivity index is 1.73. The molecule has 7 nitrogen and oxygen atoms in total. The number of hydrogen-bond acceptors (Lipinski definition) is 5. The fraction of sp³-hybridized carbons (Fsp3) is 0.182. The van der Waals surface area contributed by atoms with E-state index in [2.05, 4.69) is 16.9 Å². The maximum Gasteiger partial charge on any atom is 0.240 e. The lowest BCUT2D eigenvalue weighted by molar-refractivity contribution is 0.472. The van der Waals surface area contributed by atoms with E-state index < -0.39 is 10.0 Å². The molecule has 0 atom stereocenters. The van der Waals surface area contributed by atoms with E-state index in [1.54, 1.807) is 24.7 Å². The van der Waals surface area contributed by atoms with Crippen LogP contribution in [0.15, 0.2) is 72.1 Å². The molecule has 2 aromatic heterocycles. The summed E-state index contributed by atoms with van der Waals surface area (Å²) < 4.78 is 32.0. The number of imidazole rings is 1. The van der Waals surface area contributed by atoms with Gasteiger partial charge in [0, 0.05) is 23.5 Å². The number of aromatic nitrogens is 3. The van der Waals surface area contributed by atoms with Crippen molar-refractivity contribution in [2.45, 2.75) is 31.1 Å². The maximum absolute atomic E-state index is 12.0.